The Kier molecular flexibility index (Phi) is 1.96. The van der Waals surface area contributed by atoms with E-state index in [1.807, 2.05) is 0 Å². The fourth-order valence-corrected chi connectivity index (χ4v) is 1.30. The summed E-state index contributed by atoms with van der Waals surface area (Å²) < 4.78 is 0. The molecule has 0 aliphatic rings. The van der Waals surface area contributed by atoms with Crippen molar-refractivity contribution in [1.82, 2.24) is 0 Å². The van der Waals surface area contributed by atoms with Gasteiger partial charge >= 0.3 is 8.80 Å². The third-order valence-corrected chi connectivity index (χ3v) is 2.36. The topological polar surface area (TPSA) is 80.9 Å². The number of hydrogen-bond acceptors (Lipinski definition) is 4. The van der Waals surface area contributed by atoms with Crippen molar-refractivity contribution in [2.24, 2.45) is 0 Å². The number of phenols is 1. The SMILES string of the molecule is Oc1ccc([Si](O)(O)O)cc1. The molecule has 0 saturated carbocycles. The van der Waals surface area contributed by atoms with Gasteiger partial charge in [0.05, 0.1) is 0 Å². The Hall–Kier alpha value is -0.883. The highest BCUT2D eigenvalue weighted by molar-refractivity contribution is 6.71. The van der Waals surface area contributed by atoms with Gasteiger partial charge in [0.1, 0.15) is 5.75 Å². The van der Waals surface area contributed by atoms with Gasteiger partial charge in [-0.3, -0.25) is 0 Å². The van der Waals surface area contributed by atoms with Crippen LogP contribution in [0.2, 0.25) is 0 Å². The number of benzene rings is 1. The monoisotopic (exact) mass is 172 g/mol. The van der Waals surface area contributed by atoms with E-state index in [1.54, 1.807) is 0 Å². The molecule has 1 rings (SSSR count). The summed E-state index contributed by atoms with van der Waals surface area (Å²) >= 11 is 0. The predicted octanol–water partition coefficient (Wildman–Crippen LogP) is -1.49. The van der Waals surface area contributed by atoms with E-state index >= 15 is 0 Å². The average molecular weight is 172 g/mol. The van der Waals surface area contributed by atoms with Crippen LogP contribution in [0.1, 0.15) is 0 Å². The summed E-state index contributed by atoms with van der Waals surface area (Å²) in [5.74, 6) is 0.0204. The van der Waals surface area contributed by atoms with Crippen LogP contribution in [-0.2, 0) is 0 Å². The molecule has 4 N–H and O–H groups in total. The smallest absolute Gasteiger partial charge is 0.508 e. The van der Waals surface area contributed by atoms with Crippen LogP contribution in [-0.4, -0.2) is 28.3 Å². The molecule has 5 heteroatoms. The normalized spacial score (nSPS) is 11.5. The van der Waals surface area contributed by atoms with Crippen LogP contribution in [0.4, 0.5) is 0 Å². The van der Waals surface area contributed by atoms with Gasteiger partial charge in [0.15, 0.2) is 0 Å². The quantitative estimate of drug-likeness (QED) is 0.389. The number of hydrogen-bond donors (Lipinski definition) is 4. The number of rotatable bonds is 1. The zero-order chi connectivity index (χ0) is 8.48. The molecule has 0 saturated heterocycles. The minimum absolute atomic E-state index is 0.0204. The predicted molar refractivity (Wildman–Crippen MR) is 40.2 cm³/mol. The lowest BCUT2D eigenvalue weighted by Gasteiger charge is -2.08. The van der Waals surface area contributed by atoms with Gasteiger partial charge in [-0.1, -0.05) is 12.1 Å². The molecule has 0 radical (unpaired) electrons. The first-order valence-corrected chi connectivity index (χ1v) is 4.81. The van der Waals surface area contributed by atoms with Crippen molar-refractivity contribution in [3.63, 3.8) is 0 Å². The Morgan fingerprint density at radius 2 is 1.36 bits per heavy atom. The highest BCUT2D eigenvalue weighted by Gasteiger charge is 2.29. The van der Waals surface area contributed by atoms with Crippen LogP contribution in [0, 0.1) is 0 Å². The van der Waals surface area contributed by atoms with Gasteiger partial charge in [-0.15, -0.1) is 0 Å². The summed E-state index contributed by atoms with van der Waals surface area (Å²) in [6.45, 7) is 0. The fraction of sp³-hybridized carbons (Fsp3) is 0. The molecule has 4 nitrogen and oxygen atoms in total. The Balaban J connectivity index is 2.99. The lowest BCUT2D eigenvalue weighted by atomic mass is 10.3. The van der Waals surface area contributed by atoms with E-state index in [-0.39, 0.29) is 10.9 Å². The molecular formula is C6H8O4Si. The van der Waals surface area contributed by atoms with E-state index in [2.05, 4.69) is 0 Å². The summed E-state index contributed by atoms with van der Waals surface area (Å²) in [6, 6.07) is 5.09. The van der Waals surface area contributed by atoms with Crippen LogP contribution >= 0.6 is 0 Å². The molecule has 0 unspecified atom stereocenters. The standard InChI is InChI=1S/C6H8O4Si/c7-5-1-3-6(4-2-5)11(8,9)10/h1-4,7-10H. The van der Waals surface area contributed by atoms with Crippen LogP contribution in [0.25, 0.3) is 0 Å². The van der Waals surface area contributed by atoms with E-state index in [9.17, 15) is 0 Å². The number of phenolic OH excluding ortho intramolecular Hbond substituents is 1. The number of aromatic hydroxyl groups is 1. The second-order valence-electron chi connectivity index (χ2n) is 2.18. The molecule has 11 heavy (non-hydrogen) atoms. The molecule has 0 spiro atoms. The minimum Gasteiger partial charge on any atom is -0.508 e. The van der Waals surface area contributed by atoms with E-state index < -0.39 is 8.80 Å². The van der Waals surface area contributed by atoms with Gasteiger partial charge in [0, 0.05) is 5.19 Å². The van der Waals surface area contributed by atoms with E-state index in [4.69, 9.17) is 19.5 Å². The van der Waals surface area contributed by atoms with E-state index in [0.29, 0.717) is 0 Å². The molecule has 60 valence electrons. The largest absolute Gasteiger partial charge is 0.528 e. The molecule has 0 heterocycles. The lowest BCUT2D eigenvalue weighted by molar-refractivity contribution is 0.249. The summed E-state index contributed by atoms with van der Waals surface area (Å²) in [5, 5.41) is 8.84. The van der Waals surface area contributed by atoms with Gasteiger partial charge in [-0.05, 0) is 12.1 Å². The van der Waals surface area contributed by atoms with E-state index in [0.717, 1.165) is 0 Å². The molecule has 0 fully saturated rings. The van der Waals surface area contributed by atoms with Gasteiger partial charge in [-0.25, -0.2) is 0 Å². The molecule has 0 atom stereocenters. The maximum Gasteiger partial charge on any atom is 0.528 e. The third kappa shape index (κ3) is 2.02. The third-order valence-electron chi connectivity index (χ3n) is 1.25. The van der Waals surface area contributed by atoms with Gasteiger partial charge < -0.3 is 19.5 Å². The molecule has 0 aliphatic carbocycles. The second kappa shape index (κ2) is 2.63. The van der Waals surface area contributed by atoms with Crippen LogP contribution < -0.4 is 5.19 Å². The first-order chi connectivity index (χ1) is 5.00. The van der Waals surface area contributed by atoms with Crippen molar-refractivity contribution >= 4 is 14.0 Å². The Morgan fingerprint density at radius 1 is 0.909 bits per heavy atom. The highest BCUT2D eigenvalue weighted by Crippen LogP contribution is 2.04. The van der Waals surface area contributed by atoms with Crippen molar-refractivity contribution in [2.45, 2.75) is 0 Å². The molecule has 0 amide bonds. The molecule has 0 aliphatic heterocycles. The van der Waals surface area contributed by atoms with Crippen molar-refractivity contribution < 1.29 is 19.5 Å². The van der Waals surface area contributed by atoms with Crippen molar-refractivity contribution in [3.05, 3.63) is 24.3 Å². The molecule has 0 aromatic heterocycles. The van der Waals surface area contributed by atoms with Crippen molar-refractivity contribution in [3.8, 4) is 5.75 Å². The van der Waals surface area contributed by atoms with Crippen LogP contribution in [0.15, 0.2) is 24.3 Å². The fourth-order valence-electron chi connectivity index (χ4n) is 0.685. The molecule has 1 aromatic rings. The zero-order valence-electron chi connectivity index (χ0n) is 5.60. The first kappa shape index (κ1) is 8.22. The lowest BCUT2D eigenvalue weighted by Crippen LogP contribution is -2.48. The summed E-state index contributed by atoms with van der Waals surface area (Å²) in [7, 11) is -4.17. The Labute approximate surface area is 64.4 Å². The van der Waals surface area contributed by atoms with Crippen LogP contribution in [0.3, 0.4) is 0 Å². The maximum absolute atomic E-state index is 8.79. The molecule has 0 bridgehead atoms. The van der Waals surface area contributed by atoms with E-state index in [1.165, 1.54) is 24.3 Å². The van der Waals surface area contributed by atoms with Crippen molar-refractivity contribution in [1.29, 1.82) is 0 Å². The summed E-state index contributed by atoms with van der Waals surface area (Å²) in [5.41, 5.74) is 0. The second-order valence-corrected chi connectivity index (χ2v) is 4.03. The first-order valence-electron chi connectivity index (χ1n) is 2.97. The maximum atomic E-state index is 8.79. The average Bonchev–Trinajstić information content (AvgIpc) is 1.86. The highest BCUT2D eigenvalue weighted by atomic mass is 28.4. The van der Waals surface area contributed by atoms with Gasteiger partial charge in [0.25, 0.3) is 0 Å². The van der Waals surface area contributed by atoms with Crippen molar-refractivity contribution in [2.75, 3.05) is 0 Å². The Bertz CT molecular complexity index is 238. The summed E-state index contributed by atoms with van der Waals surface area (Å²) in [6.07, 6.45) is 0. The zero-order valence-corrected chi connectivity index (χ0v) is 6.60. The summed E-state index contributed by atoms with van der Waals surface area (Å²) in [4.78, 5) is 26.2. The van der Waals surface area contributed by atoms with Gasteiger partial charge in [-0.2, -0.15) is 0 Å². The molecule has 1 aromatic carbocycles. The van der Waals surface area contributed by atoms with Crippen LogP contribution in [0.5, 0.6) is 5.75 Å². The van der Waals surface area contributed by atoms with Gasteiger partial charge in [0.2, 0.25) is 0 Å². The molecular weight excluding hydrogens is 164 g/mol. The Morgan fingerprint density at radius 3 is 1.73 bits per heavy atom. The minimum atomic E-state index is -4.17.